The molecule has 170 valence electrons. The van der Waals surface area contributed by atoms with Crippen LogP contribution in [0.25, 0.3) is 0 Å². The number of rotatable bonds is 7. The maximum absolute atomic E-state index is 12.7. The predicted octanol–water partition coefficient (Wildman–Crippen LogP) is 3.32. The molecule has 8 heteroatoms. The van der Waals surface area contributed by atoms with Crippen molar-refractivity contribution >= 4 is 17.3 Å². The largest absolute Gasteiger partial charge is 0.378 e. The Balaban J connectivity index is 1.45. The SMILES string of the molecule is CCC(CNc1ccc(C(=O)N2CCOCC2)cc1[N+](=O)[O-])N1CCc2ccccc2C1. The van der Waals surface area contributed by atoms with Gasteiger partial charge in [0, 0.05) is 50.4 Å². The molecule has 1 fully saturated rings. The van der Waals surface area contributed by atoms with E-state index < -0.39 is 4.92 Å². The highest BCUT2D eigenvalue weighted by atomic mass is 16.6. The molecule has 0 saturated carbocycles. The molecule has 2 heterocycles. The zero-order valence-corrected chi connectivity index (χ0v) is 18.5. The van der Waals surface area contributed by atoms with Gasteiger partial charge in [0.15, 0.2) is 0 Å². The first-order valence-corrected chi connectivity index (χ1v) is 11.3. The standard InChI is InChI=1S/C24H30N4O4/c1-2-21(27-10-9-18-5-3-4-6-20(18)17-27)16-25-22-8-7-19(15-23(22)28(30)31)24(29)26-11-13-32-14-12-26/h3-8,15,21,25H,2,9-14,16-17H2,1H3. The summed E-state index contributed by atoms with van der Waals surface area (Å²) in [6.07, 6.45) is 1.96. The van der Waals surface area contributed by atoms with Gasteiger partial charge in [0.05, 0.1) is 18.1 Å². The Morgan fingerprint density at radius 3 is 2.62 bits per heavy atom. The van der Waals surface area contributed by atoms with E-state index in [1.54, 1.807) is 17.0 Å². The third-order valence-electron chi connectivity index (χ3n) is 6.42. The summed E-state index contributed by atoms with van der Waals surface area (Å²) >= 11 is 0. The molecule has 2 aliphatic heterocycles. The van der Waals surface area contributed by atoms with Gasteiger partial charge in [-0.25, -0.2) is 0 Å². The number of hydrogen-bond acceptors (Lipinski definition) is 6. The van der Waals surface area contributed by atoms with Gasteiger partial charge in [-0.15, -0.1) is 0 Å². The minimum Gasteiger partial charge on any atom is -0.378 e. The van der Waals surface area contributed by atoms with E-state index in [2.05, 4.69) is 41.4 Å². The van der Waals surface area contributed by atoms with E-state index in [-0.39, 0.29) is 17.6 Å². The van der Waals surface area contributed by atoms with Crippen molar-refractivity contribution in [3.05, 3.63) is 69.3 Å². The summed E-state index contributed by atoms with van der Waals surface area (Å²) in [6.45, 7) is 6.62. The molecule has 1 amide bonds. The molecular weight excluding hydrogens is 408 g/mol. The van der Waals surface area contributed by atoms with E-state index in [9.17, 15) is 14.9 Å². The van der Waals surface area contributed by atoms with Crippen molar-refractivity contribution in [1.82, 2.24) is 9.80 Å². The van der Waals surface area contributed by atoms with Gasteiger partial charge >= 0.3 is 0 Å². The van der Waals surface area contributed by atoms with Crippen molar-refractivity contribution in [2.45, 2.75) is 32.4 Å². The van der Waals surface area contributed by atoms with E-state index in [4.69, 9.17) is 4.74 Å². The van der Waals surface area contributed by atoms with Crippen LogP contribution in [0, 0.1) is 10.1 Å². The Morgan fingerprint density at radius 2 is 1.91 bits per heavy atom. The number of anilines is 1. The topological polar surface area (TPSA) is 88.0 Å². The number of hydrogen-bond donors (Lipinski definition) is 1. The summed E-state index contributed by atoms with van der Waals surface area (Å²) in [6, 6.07) is 13.5. The van der Waals surface area contributed by atoms with Crippen molar-refractivity contribution in [2.75, 3.05) is 44.7 Å². The first kappa shape index (κ1) is 22.2. The Bertz CT molecular complexity index is 974. The molecule has 0 spiro atoms. The molecule has 2 aromatic carbocycles. The van der Waals surface area contributed by atoms with E-state index in [1.807, 2.05) is 0 Å². The summed E-state index contributed by atoms with van der Waals surface area (Å²) in [5, 5.41) is 15.0. The van der Waals surface area contributed by atoms with Gasteiger partial charge in [-0.05, 0) is 36.1 Å². The molecule has 0 aromatic heterocycles. The van der Waals surface area contributed by atoms with Crippen molar-refractivity contribution < 1.29 is 14.5 Å². The molecule has 32 heavy (non-hydrogen) atoms. The zero-order valence-electron chi connectivity index (χ0n) is 18.5. The van der Waals surface area contributed by atoms with Gasteiger partial charge in [-0.1, -0.05) is 31.2 Å². The lowest BCUT2D eigenvalue weighted by Crippen LogP contribution is -2.42. The normalized spacial score (nSPS) is 17.5. The maximum atomic E-state index is 12.7. The summed E-state index contributed by atoms with van der Waals surface area (Å²) in [5.74, 6) is -0.193. The average molecular weight is 439 g/mol. The van der Waals surface area contributed by atoms with Crippen LogP contribution in [0.5, 0.6) is 0 Å². The third kappa shape index (κ3) is 4.92. The van der Waals surface area contributed by atoms with Crippen LogP contribution < -0.4 is 5.32 Å². The monoisotopic (exact) mass is 438 g/mol. The van der Waals surface area contributed by atoms with Crippen molar-refractivity contribution in [1.29, 1.82) is 0 Å². The fourth-order valence-corrected chi connectivity index (χ4v) is 4.50. The molecular formula is C24H30N4O4. The lowest BCUT2D eigenvalue weighted by atomic mass is 9.98. The first-order chi connectivity index (χ1) is 15.6. The number of carbonyl (C=O) groups excluding carboxylic acids is 1. The van der Waals surface area contributed by atoms with Gasteiger partial charge in [-0.3, -0.25) is 19.8 Å². The van der Waals surface area contributed by atoms with Gasteiger partial charge < -0.3 is 15.0 Å². The second-order valence-corrected chi connectivity index (χ2v) is 8.33. The molecule has 1 N–H and O–H groups in total. The van der Waals surface area contributed by atoms with E-state index in [0.717, 1.165) is 25.9 Å². The maximum Gasteiger partial charge on any atom is 0.293 e. The van der Waals surface area contributed by atoms with Gasteiger partial charge in [0.25, 0.3) is 11.6 Å². The molecule has 2 aliphatic rings. The van der Waals surface area contributed by atoms with Crippen molar-refractivity contribution in [2.24, 2.45) is 0 Å². The molecule has 8 nitrogen and oxygen atoms in total. The Hall–Kier alpha value is -2.97. The number of fused-ring (bicyclic) bond motifs is 1. The zero-order chi connectivity index (χ0) is 22.5. The molecule has 4 rings (SSSR count). The van der Waals surface area contributed by atoms with E-state index >= 15 is 0 Å². The minimum atomic E-state index is -0.420. The van der Waals surface area contributed by atoms with Gasteiger partial charge in [-0.2, -0.15) is 0 Å². The Kier molecular flexibility index (Phi) is 7.02. The second kappa shape index (κ2) is 10.1. The highest BCUT2D eigenvalue weighted by Gasteiger charge is 2.25. The minimum absolute atomic E-state index is 0.0667. The van der Waals surface area contributed by atoms with Crippen LogP contribution in [0.15, 0.2) is 42.5 Å². The van der Waals surface area contributed by atoms with Crippen molar-refractivity contribution in [3.8, 4) is 0 Å². The first-order valence-electron chi connectivity index (χ1n) is 11.3. The molecule has 0 bridgehead atoms. The van der Waals surface area contributed by atoms with Crippen LogP contribution in [0.1, 0.15) is 34.8 Å². The fraction of sp³-hybridized carbons (Fsp3) is 0.458. The lowest BCUT2D eigenvalue weighted by molar-refractivity contribution is -0.384. The Morgan fingerprint density at radius 1 is 1.16 bits per heavy atom. The number of morpholine rings is 1. The molecule has 1 unspecified atom stereocenters. The Labute approximate surface area is 188 Å². The quantitative estimate of drug-likeness (QED) is 0.527. The van der Waals surface area contributed by atoms with Crippen LogP contribution in [0.2, 0.25) is 0 Å². The molecule has 2 aromatic rings. The molecule has 1 atom stereocenters. The number of nitrogens with one attached hydrogen (secondary N) is 1. The number of amides is 1. The number of nitro groups is 1. The smallest absolute Gasteiger partial charge is 0.293 e. The molecule has 0 radical (unpaired) electrons. The summed E-state index contributed by atoms with van der Waals surface area (Å²) < 4.78 is 5.29. The average Bonchev–Trinajstić information content (AvgIpc) is 2.84. The van der Waals surface area contributed by atoms with Crippen molar-refractivity contribution in [3.63, 3.8) is 0 Å². The van der Waals surface area contributed by atoms with Crippen LogP contribution >= 0.6 is 0 Å². The number of carbonyl (C=O) groups is 1. The third-order valence-corrected chi connectivity index (χ3v) is 6.42. The fourth-order valence-electron chi connectivity index (χ4n) is 4.50. The highest BCUT2D eigenvalue weighted by molar-refractivity contribution is 5.95. The van der Waals surface area contributed by atoms with Gasteiger partial charge in [0.2, 0.25) is 0 Å². The predicted molar refractivity (Wildman–Crippen MR) is 123 cm³/mol. The second-order valence-electron chi connectivity index (χ2n) is 8.33. The molecule has 1 saturated heterocycles. The number of benzene rings is 2. The van der Waals surface area contributed by atoms with Crippen LogP contribution in [0.4, 0.5) is 11.4 Å². The summed E-state index contributed by atoms with van der Waals surface area (Å²) in [5.41, 5.74) is 3.48. The van der Waals surface area contributed by atoms with Crippen LogP contribution in [-0.2, 0) is 17.7 Å². The summed E-state index contributed by atoms with van der Waals surface area (Å²) in [4.78, 5) is 28.2. The van der Waals surface area contributed by atoms with E-state index in [0.29, 0.717) is 44.1 Å². The van der Waals surface area contributed by atoms with E-state index in [1.165, 1.54) is 17.2 Å². The van der Waals surface area contributed by atoms with Crippen LogP contribution in [-0.4, -0.2) is 66.1 Å². The summed E-state index contributed by atoms with van der Waals surface area (Å²) in [7, 11) is 0. The lowest BCUT2D eigenvalue weighted by Gasteiger charge is -2.35. The number of nitrogens with zero attached hydrogens (tertiary/aromatic N) is 3. The number of nitro benzene ring substituents is 1. The van der Waals surface area contributed by atoms with Gasteiger partial charge in [0.1, 0.15) is 5.69 Å². The number of ether oxygens (including phenoxy) is 1. The highest BCUT2D eigenvalue weighted by Crippen LogP contribution is 2.27. The molecule has 0 aliphatic carbocycles. The van der Waals surface area contributed by atoms with Crippen LogP contribution in [0.3, 0.4) is 0 Å².